The number of halogens is 1. The van der Waals surface area contributed by atoms with Crippen molar-refractivity contribution in [3.05, 3.63) is 71.4 Å². The van der Waals surface area contributed by atoms with Gasteiger partial charge in [0.2, 0.25) is 5.91 Å². The average molecular weight is 466 g/mol. The number of amides is 2. The zero-order valence-electron chi connectivity index (χ0n) is 18.9. The van der Waals surface area contributed by atoms with Crippen LogP contribution in [0.1, 0.15) is 24.3 Å². The van der Waals surface area contributed by atoms with Crippen LogP contribution in [0.25, 0.3) is 16.9 Å². The molecule has 8 heteroatoms. The third-order valence-electron chi connectivity index (χ3n) is 5.55. The molecule has 4 rings (SSSR count). The Morgan fingerprint density at radius 1 is 1.00 bits per heavy atom. The molecule has 0 spiro atoms. The largest absolute Gasteiger partial charge is 0.353 e. The molecule has 1 aliphatic heterocycles. The summed E-state index contributed by atoms with van der Waals surface area (Å²) in [6.45, 7) is 6.67. The summed E-state index contributed by atoms with van der Waals surface area (Å²) in [6, 6.07) is 19.0. The van der Waals surface area contributed by atoms with Crippen LogP contribution in [0.3, 0.4) is 0 Å². The minimum atomic E-state index is -0.0714. The number of nitrogens with one attached hydrogen (secondary N) is 1. The maximum atomic E-state index is 13.5. The van der Waals surface area contributed by atoms with Crippen molar-refractivity contribution in [2.45, 2.75) is 19.9 Å². The van der Waals surface area contributed by atoms with Crippen LogP contribution in [0.2, 0.25) is 5.02 Å². The quantitative estimate of drug-likeness (QED) is 0.605. The van der Waals surface area contributed by atoms with Crippen LogP contribution < -0.4 is 5.32 Å². The van der Waals surface area contributed by atoms with Crippen LogP contribution in [0.5, 0.6) is 0 Å². The molecule has 1 N–H and O–H groups in total. The Bertz CT molecular complexity index is 1100. The highest BCUT2D eigenvalue weighted by Crippen LogP contribution is 2.24. The van der Waals surface area contributed by atoms with Gasteiger partial charge < -0.3 is 10.2 Å². The Labute approximate surface area is 198 Å². The lowest BCUT2D eigenvalue weighted by Crippen LogP contribution is -2.51. The summed E-state index contributed by atoms with van der Waals surface area (Å²) < 4.78 is 1.70. The summed E-state index contributed by atoms with van der Waals surface area (Å²) in [5, 5.41) is 8.31. The molecule has 0 bridgehead atoms. The molecule has 0 saturated carbocycles. The highest BCUT2D eigenvalue weighted by molar-refractivity contribution is 6.30. The van der Waals surface area contributed by atoms with E-state index >= 15 is 0 Å². The fraction of sp³-hybridized carbons (Fsp3) is 0.320. The molecular weight excluding hydrogens is 438 g/mol. The van der Waals surface area contributed by atoms with E-state index in [1.54, 1.807) is 4.68 Å². The van der Waals surface area contributed by atoms with Gasteiger partial charge in [-0.15, -0.1) is 0 Å². The van der Waals surface area contributed by atoms with Crippen LogP contribution in [-0.2, 0) is 4.79 Å². The maximum Gasteiger partial charge on any atom is 0.272 e. The monoisotopic (exact) mass is 465 g/mol. The van der Waals surface area contributed by atoms with Gasteiger partial charge in [0.15, 0.2) is 0 Å². The molecule has 3 aromatic rings. The second-order valence-corrected chi connectivity index (χ2v) is 8.90. The Balaban J connectivity index is 1.53. The van der Waals surface area contributed by atoms with E-state index in [4.69, 9.17) is 16.7 Å². The molecule has 2 heterocycles. The summed E-state index contributed by atoms with van der Waals surface area (Å²) in [5.74, 6) is -0.0580. The van der Waals surface area contributed by atoms with Gasteiger partial charge >= 0.3 is 0 Å². The fourth-order valence-electron chi connectivity index (χ4n) is 3.90. The van der Waals surface area contributed by atoms with Crippen LogP contribution in [0.15, 0.2) is 60.7 Å². The number of piperazine rings is 1. The van der Waals surface area contributed by atoms with Gasteiger partial charge in [0.25, 0.3) is 5.91 Å². The van der Waals surface area contributed by atoms with Gasteiger partial charge in [-0.1, -0.05) is 41.9 Å². The molecule has 2 aromatic carbocycles. The van der Waals surface area contributed by atoms with Gasteiger partial charge in [0.1, 0.15) is 5.69 Å². The molecule has 1 aromatic heterocycles. The Hall–Kier alpha value is -3.16. The molecule has 0 radical (unpaired) electrons. The predicted octanol–water partition coefficient (Wildman–Crippen LogP) is 3.48. The minimum Gasteiger partial charge on any atom is -0.353 e. The van der Waals surface area contributed by atoms with E-state index in [1.165, 1.54) is 0 Å². The first-order valence-electron chi connectivity index (χ1n) is 11.1. The third kappa shape index (κ3) is 5.61. The van der Waals surface area contributed by atoms with Gasteiger partial charge in [-0.3, -0.25) is 14.5 Å². The first kappa shape index (κ1) is 23.0. The Morgan fingerprint density at radius 2 is 1.67 bits per heavy atom. The summed E-state index contributed by atoms with van der Waals surface area (Å²) >= 11 is 6.04. The van der Waals surface area contributed by atoms with E-state index in [0.29, 0.717) is 49.1 Å². The highest BCUT2D eigenvalue weighted by atomic mass is 35.5. The van der Waals surface area contributed by atoms with Crippen LogP contribution >= 0.6 is 11.6 Å². The SMILES string of the molecule is CC(C)NC(=O)CN1CCN(C(=O)c2cc(-c3ccc(Cl)cc3)nn2-c2ccccc2)CC1. The van der Waals surface area contributed by atoms with Crippen molar-refractivity contribution >= 4 is 23.4 Å². The Morgan fingerprint density at radius 3 is 2.30 bits per heavy atom. The maximum absolute atomic E-state index is 13.5. The molecule has 172 valence electrons. The third-order valence-corrected chi connectivity index (χ3v) is 5.80. The van der Waals surface area contributed by atoms with Crippen molar-refractivity contribution in [2.24, 2.45) is 0 Å². The van der Waals surface area contributed by atoms with Crippen molar-refractivity contribution in [2.75, 3.05) is 32.7 Å². The van der Waals surface area contributed by atoms with E-state index in [2.05, 4.69) is 10.2 Å². The van der Waals surface area contributed by atoms with E-state index in [9.17, 15) is 9.59 Å². The van der Waals surface area contributed by atoms with Crippen molar-refractivity contribution in [3.63, 3.8) is 0 Å². The number of nitrogens with zero attached hydrogens (tertiary/aromatic N) is 4. The van der Waals surface area contributed by atoms with Gasteiger partial charge in [-0.2, -0.15) is 5.10 Å². The summed E-state index contributed by atoms with van der Waals surface area (Å²) in [4.78, 5) is 29.5. The number of carbonyl (C=O) groups excluding carboxylic acids is 2. The van der Waals surface area contributed by atoms with E-state index in [1.807, 2.05) is 79.4 Å². The lowest BCUT2D eigenvalue weighted by Gasteiger charge is -2.34. The number of aromatic nitrogens is 2. The molecule has 2 amide bonds. The molecule has 7 nitrogen and oxygen atoms in total. The predicted molar refractivity (Wildman–Crippen MR) is 130 cm³/mol. The first-order valence-corrected chi connectivity index (χ1v) is 11.5. The van der Waals surface area contributed by atoms with E-state index < -0.39 is 0 Å². The second-order valence-electron chi connectivity index (χ2n) is 8.46. The van der Waals surface area contributed by atoms with E-state index in [-0.39, 0.29) is 17.9 Å². The zero-order valence-corrected chi connectivity index (χ0v) is 19.6. The van der Waals surface area contributed by atoms with Gasteiger partial charge in [0.05, 0.1) is 17.9 Å². The molecular formula is C25H28ClN5O2. The Kier molecular flexibility index (Phi) is 7.11. The average Bonchev–Trinajstić information content (AvgIpc) is 3.25. The second kappa shape index (κ2) is 10.2. The van der Waals surface area contributed by atoms with Gasteiger partial charge in [-0.25, -0.2) is 4.68 Å². The topological polar surface area (TPSA) is 70.5 Å². The molecule has 1 aliphatic rings. The number of para-hydroxylation sites is 1. The lowest BCUT2D eigenvalue weighted by atomic mass is 10.1. The molecule has 1 fully saturated rings. The molecule has 1 saturated heterocycles. The van der Waals surface area contributed by atoms with Crippen LogP contribution in [0, 0.1) is 0 Å². The molecule has 0 unspecified atom stereocenters. The number of carbonyl (C=O) groups is 2. The van der Waals surface area contributed by atoms with Crippen molar-refractivity contribution in [1.29, 1.82) is 0 Å². The number of hydrogen-bond donors (Lipinski definition) is 1. The van der Waals surface area contributed by atoms with Crippen molar-refractivity contribution in [3.8, 4) is 16.9 Å². The number of benzene rings is 2. The van der Waals surface area contributed by atoms with Crippen molar-refractivity contribution in [1.82, 2.24) is 24.9 Å². The molecule has 0 atom stereocenters. The highest BCUT2D eigenvalue weighted by Gasteiger charge is 2.27. The van der Waals surface area contributed by atoms with Crippen LogP contribution in [-0.4, -0.2) is 70.2 Å². The molecule has 33 heavy (non-hydrogen) atoms. The van der Waals surface area contributed by atoms with Gasteiger partial charge in [-0.05, 0) is 44.2 Å². The number of rotatable bonds is 6. The van der Waals surface area contributed by atoms with E-state index in [0.717, 1.165) is 11.3 Å². The van der Waals surface area contributed by atoms with Gasteiger partial charge in [0, 0.05) is 42.8 Å². The zero-order chi connectivity index (χ0) is 23.4. The minimum absolute atomic E-state index is 0.0135. The van der Waals surface area contributed by atoms with Crippen molar-refractivity contribution < 1.29 is 9.59 Å². The normalized spacial score (nSPS) is 14.5. The standard InChI is InChI=1S/C25H28ClN5O2/c1-18(2)27-24(32)17-29-12-14-30(15-13-29)25(33)23-16-22(19-8-10-20(26)11-9-19)28-31(23)21-6-4-3-5-7-21/h3-11,16,18H,12-15,17H2,1-2H3,(H,27,32). The summed E-state index contributed by atoms with van der Waals surface area (Å²) in [7, 11) is 0. The molecule has 0 aliphatic carbocycles. The number of hydrogen-bond acceptors (Lipinski definition) is 4. The summed E-state index contributed by atoms with van der Waals surface area (Å²) in [5.41, 5.74) is 2.94. The van der Waals surface area contributed by atoms with Crippen LogP contribution in [0.4, 0.5) is 0 Å². The summed E-state index contributed by atoms with van der Waals surface area (Å²) in [6.07, 6.45) is 0. The fourth-order valence-corrected chi connectivity index (χ4v) is 4.03. The lowest BCUT2D eigenvalue weighted by molar-refractivity contribution is -0.123. The first-order chi connectivity index (χ1) is 15.9. The smallest absolute Gasteiger partial charge is 0.272 e.